The molecule has 1 nitrogen and oxygen atoms in total. The lowest BCUT2D eigenvalue weighted by atomic mass is 9.54. The average Bonchev–Trinajstić information content (AvgIpc) is 2.07. The summed E-state index contributed by atoms with van der Waals surface area (Å²) in [5.41, 5.74) is 1.23. The first-order valence-corrected chi connectivity index (χ1v) is 6.64. The zero-order chi connectivity index (χ0) is 11.1. The predicted molar refractivity (Wildman–Crippen MR) is 65.9 cm³/mol. The van der Waals surface area contributed by atoms with Gasteiger partial charge in [-0.05, 0) is 61.4 Å². The van der Waals surface area contributed by atoms with E-state index in [-0.39, 0.29) is 0 Å². The molecule has 2 fully saturated rings. The van der Waals surface area contributed by atoms with Gasteiger partial charge in [0.1, 0.15) is 0 Å². The van der Waals surface area contributed by atoms with Gasteiger partial charge in [0.25, 0.3) is 0 Å². The van der Waals surface area contributed by atoms with E-state index in [4.69, 9.17) is 0 Å². The van der Waals surface area contributed by atoms with Gasteiger partial charge in [-0.25, -0.2) is 0 Å². The van der Waals surface area contributed by atoms with Crippen molar-refractivity contribution in [3.63, 3.8) is 0 Å². The molecule has 3 atom stereocenters. The zero-order valence-electron chi connectivity index (χ0n) is 10.9. The maximum atomic E-state index is 3.55. The molecule has 3 unspecified atom stereocenters. The minimum Gasteiger partial charge on any atom is -0.316 e. The molecule has 1 heterocycles. The summed E-state index contributed by atoms with van der Waals surface area (Å²) in [5.74, 6) is 1.79. The van der Waals surface area contributed by atoms with Gasteiger partial charge in [0.15, 0.2) is 0 Å². The molecule has 2 aliphatic rings. The van der Waals surface area contributed by atoms with Crippen molar-refractivity contribution in [3.8, 4) is 0 Å². The summed E-state index contributed by atoms with van der Waals surface area (Å²) >= 11 is 0. The highest BCUT2D eigenvalue weighted by atomic mass is 14.9. The van der Waals surface area contributed by atoms with Crippen LogP contribution in [0, 0.1) is 22.7 Å². The highest BCUT2D eigenvalue weighted by Gasteiger charge is 2.46. The second kappa shape index (κ2) is 3.76. The molecule has 0 aromatic heterocycles. The summed E-state index contributed by atoms with van der Waals surface area (Å²) in [5, 5.41) is 3.55. The summed E-state index contributed by atoms with van der Waals surface area (Å²) in [6, 6.07) is 0. The first kappa shape index (κ1) is 11.4. The third-order valence-electron chi connectivity index (χ3n) is 4.78. The van der Waals surface area contributed by atoms with E-state index in [1.165, 1.54) is 38.8 Å². The lowest BCUT2D eigenvalue weighted by Crippen LogP contribution is -2.49. The molecule has 0 amide bonds. The molecule has 1 aliphatic carbocycles. The van der Waals surface area contributed by atoms with Crippen LogP contribution in [-0.2, 0) is 0 Å². The maximum Gasteiger partial charge on any atom is -0.00178 e. The Hall–Kier alpha value is -0.0400. The van der Waals surface area contributed by atoms with Gasteiger partial charge < -0.3 is 5.32 Å². The van der Waals surface area contributed by atoms with Crippen molar-refractivity contribution in [2.24, 2.45) is 22.7 Å². The molecule has 1 heteroatoms. The molecular formula is C14H27N. The molecule has 1 saturated heterocycles. The van der Waals surface area contributed by atoms with Crippen molar-refractivity contribution in [1.29, 1.82) is 0 Å². The van der Waals surface area contributed by atoms with Crippen LogP contribution in [0.2, 0.25) is 0 Å². The second-order valence-electron chi connectivity index (χ2n) is 7.07. The summed E-state index contributed by atoms with van der Waals surface area (Å²) < 4.78 is 0. The van der Waals surface area contributed by atoms with Crippen LogP contribution in [0.25, 0.3) is 0 Å². The van der Waals surface area contributed by atoms with Gasteiger partial charge in [0, 0.05) is 0 Å². The molecule has 1 saturated carbocycles. The molecule has 15 heavy (non-hydrogen) atoms. The average molecular weight is 209 g/mol. The van der Waals surface area contributed by atoms with Crippen LogP contribution < -0.4 is 5.32 Å². The number of rotatable bonds is 0. The summed E-state index contributed by atoms with van der Waals surface area (Å²) in [4.78, 5) is 0. The molecule has 1 aliphatic heterocycles. The Morgan fingerprint density at radius 3 is 2.47 bits per heavy atom. The topological polar surface area (TPSA) is 12.0 Å². The van der Waals surface area contributed by atoms with Gasteiger partial charge in [-0.15, -0.1) is 0 Å². The van der Waals surface area contributed by atoms with Crippen molar-refractivity contribution in [2.75, 3.05) is 13.1 Å². The fourth-order valence-corrected chi connectivity index (χ4v) is 4.49. The van der Waals surface area contributed by atoms with Gasteiger partial charge in [0.2, 0.25) is 0 Å². The van der Waals surface area contributed by atoms with Crippen LogP contribution in [0.5, 0.6) is 0 Å². The smallest absolute Gasteiger partial charge is 0.00178 e. The molecule has 0 aromatic rings. The van der Waals surface area contributed by atoms with E-state index in [0.717, 1.165) is 11.8 Å². The normalized spacial score (nSPS) is 45.6. The summed E-state index contributed by atoms with van der Waals surface area (Å²) in [6.07, 6.45) is 5.75. The van der Waals surface area contributed by atoms with Gasteiger partial charge in [-0.1, -0.05) is 27.7 Å². The highest BCUT2D eigenvalue weighted by Crippen LogP contribution is 2.54. The highest BCUT2D eigenvalue weighted by molar-refractivity contribution is 4.98. The van der Waals surface area contributed by atoms with Crippen molar-refractivity contribution in [1.82, 2.24) is 5.32 Å². The van der Waals surface area contributed by atoms with Crippen LogP contribution in [0.15, 0.2) is 0 Å². The Morgan fingerprint density at radius 2 is 1.87 bits per heavy atom. The Balaban J connectivity index is 2.18. The molecular weight excluding hydrogens is 182 g/mol. The third-order valence-corrected chi connectivity index (χ3v) is 4.78. The van der Waals surface area contributed by atoms with Crippen LogP contribution in [0.1, 0.15) is 53.4 Å². The molecule has 88 valence electrons. The minimum absolute atomic E-state index is 0.573. The van der Waals surface area contributed by atoms with E-state index < -0.39 is 0 Å². The Kier molecular flexibility index (Phi) is 2.87. The fraction of sp³-hybridized carbons (Fsp3) is 1.00. The molecule has 0 bridgehead atoms. The first-order chi connectivity index (χ1) is 6.94. The maximum absolute atomic E-state index is 3.55. The van der Waals surface area contributed by atoms with Crippen molar-refractivity contribution >= 4 is 0 Å². The van der Waals surface area contributed by atoms with E-state index in [0.29, 0.717) is 10.8 Å². The predicted octanol–water partition coefficient (Wildman–Crippen LogP) is 3.45. The van der Waals surface area contributed by atoms with Gasteiger partial charge in [-0.3, -0.25) is 0 Å². The number of nitrogens with one attached hydrogen (secondary N) is 1. The number of hydrogen-bond donors (Lipinski definition) is 1. The molecule has 1 spiro atoms. The first-order valence-electron chi connectivity index (χ1n) is 6.64. The molecule has 0 aromatic carbocycles. The van der Waals surface area contributed by atoms with Crippen LogP contribution in [0.3, 0.4) is 0 Å². The van der Waals surface area contributed by atoms with Gasteiger partial charge >= 0.3 is 0 Å². The third kappa shape index (κ3) is 2.22. The van der Waals surface area contributed by atoms with Gasteiger partial charge in [-0.2, -0.15) is 0 Å². The van der Waals surface area contributed by atoms with Gasteiger partial charge in [0.05, 0.1) is 0 Å². The second-order valence-corrected chi connectivity index (χ2v) is 7.07. The standard InChI is InChI=1S/C14H27N/c1-11-7-13(3,4)10-14(8-11)5-6-15-9-12(14)2/h11-12,15H,5-10H2,1-4H3. The van der Waals surface area contributed by atoms with E-state index in [1.807, 2.05) is 0 Å². The lowest BCUT2D eigenvalue weighted by molar-refractivity contribution is -0.0155. The molecule has 2 rings (SSSR count). The molecule has 1 N–H and O–H groups in total. The van der Waals surface area contributed by atoms with Crippen molar-refractivity contribution in [2.45, 2.75) is 53.4 Å². The van der Waals surface area contributed by atoms with E-state index >= 15 is 0 Å². The monoisotopic (exact) mass is 209 g/mol. The summed E-state index contributed by atoms with van der Waals surface area (Å²) in [6.45, 7) is 12.3. The van der Waals surface area contributed by atoms with E-state index in [2.05, 4.69) is 33.0 Å². The lowest BCUT2D eigenvalue weighted by Gasteiger charge is -2.53. The van der Waals surface area contributed by atoms with Crippen LogP contribution in [-0.4, -0.2) is 13.1 Å². The SMILES string of the molecule is CC1CC(C)(C)CC2(CCNCC2C)C1. The van der Waals surface area contributed by atoms with E-state index in [1.54, 1.807) is 0 Å². The minimum atomic E-state index is 0.573. The number of hydrogen-bond acceptors (Lipinski definition) is 1. The Bertz CT molecular complexity index is 233. The largest absolute Gasteiger partial charge is 0.316 e. The number of piperidine rings is 1. The molecule has 0 radical (unpaired) electrons. The Labute approximate surface area is 95.0 Å². The summed E-state index contributed by atoms with van der Waals surface area (Å²) in [7, 11) is 0. The van der Waals surface area contributed by atoms with Crippen LogP contribution >= 0.6 is 0 Å². The van der Waals surface area contributed by atoms with Crippen molar-refractivity contribution < 1.29 is 0 Å². The zero-order valence-corrected chi connectivity index (χ0v) is 10.9. The van der Waals surface area contributed by atoms with E-state index in [9.17, 15) is 0 Å². The van der Waals surface area contributed by atoms with Crippen molar-refractivity contribution in [3.05, 3.63) is 0 Å². The fourth-order valence-electron chi connectivity index (χ4n) is 4.49. The Morgan fingerprint density at radius 1 is 1.13 bits per heavy atom. The van der Waals surface area contributed by atoms with Crippen LogP contribution in [0.4, 0.5) is 0 Å². The quantitative estimate of drug-likeness (QED) is 0.644.